The molecule has 0 saturated carbocycles. The first-order valence-corrected chi connectivity index (χ1v) is 8.98. The molecule has 0 amide bonds. The molecule has 0 fully saturated rings. The monoisotopic (exact) mass is 337 g/mol. The van der Waals surface area contributed by atoms with Gasteiger partial charge in [0.05, 0.1) is 4.90 Å². The third-order valence-electron chi connectivity index (χ3n) is 3.38. The highest BCUT2D eigenvalue weighted by atomic mass is 32.2. The highest BCUT2D eigenvalue weighted by molar-refractivity contribution is 7.89. The van der Waals surface area contributed by atoms with E-state index in [9.17, 15) is 8.42 Å². The van der Waals surface area contributed by atoms with E-state index in [1.165, 1.54) is 0 Å². The average Bonchev–Trinajstić information content (AvgIpc) is 2.90. The van der Waals surface area contributed by atoms with E-state index in [1.807, 2.05) is 33.8 Å². The molecule has 7 heteroatoms. The molecule has 6 nitrogen and oxygen atoms in total. The lowest BCUT2D eigenvalue weighted by atomic mass is 9.97. The Kier molecular flexibility index (Phi) is 4.91. The number of aryl methyl sites for hydroxylation is 2. The summed E-state index contributed by atoms with van der Waals surface area (Å²) in [5.74, 6) is 1.04. The van der Waals surface area contributed by atoms with Crippen molar-refractivity contribution in [3.05, 3.63) is 41.0 Å². The van der Waals surface area contributed by atoms with Crippen LogP contribution in [0.3, 0.4) is 0 Å². The molecule has 2 rings (SSSR count). The maximum atomic E-state index is 12.4. The van der Waals surface area contributed by atoms with Gasteiger partial charge in [-0.2, -0.15) is 4.98 Å². The third kappa shape index (κ3) is 4.39. The van der Waals surface area contributed by atoms with Crippen LogP contribution in [0.25, 0.3) is 0 Å². The second-order valence-electron chi connectivity index (χ2n) is 6.68. The molecule has 0 atom stereocenters. The van der Waals surface area contributed by atoms with Gasteiger partial charge < -0.3 is 4.52 Å². The summed E-state index contributed by atoms with van der Waals surface area (Å²) in [6.45, 7) is 9.81. The summed E-state index contributed by atoms with van der Waals surface area (Å²) in [6, 6.07) is 5.37. The summed E-state index contributed by atoms with van der Waals surface area (Å²) in [4.78, 5) is 4.60. The van der Waals surface area contributed by atoms with Gasteiger partial charge in [-0.15, -0.1) is 0 Å². The van der Waals surface area contributed by atoms with Crippen LogP contribution in [0, 0.1) is 13.8 Å². The standard InChI is InChI=1S/C16H23N3O3S/c1-11-6-7-12(2)13(10-11)23(20,21)17-9-8-14-18-15(22-19-14)16(3,4)5/h6-7,10,17H,8-9H2,1-5H3. The topological polar surface area (TPSA) is 85.1 Å². The lowest BCUT2D eigenvalue weighted by molar-refractivity contribution is 0.318. The predicted molar refractivity (Wildman–Crippen MR) is 87.8 cm³/mol. The Morgan fingerprint density at radius 1 is 1.22 bits per heavy atom. The minimum atomic E-state index is -3.54. The molecule has 0 spiro atoms. The van der Waals surface area contributed by atoms with E-state index in [0.29, 0.717) is 23.0 Å². The summed E-state index contributed by atoms with van der Waals surface area (Å²) in [6.07, 6.45) is 0.379. The van der Waals surface area contributed by atoms with E-state index in [0.717, 1.165) is 11.1 Å². The fourth-order valence-corrected chi connectivity index (χ4v) is 3.39. The van der Waals surface area contributed by atoms with Crippen LogP contribution in [0.4, 0.5) is 0 Å². The van der Waals surface area contributed by atoms with Gasteiger partial charge in [0, 0.05) is 18.4 Å². The molecule has 0 radical (unpaired) electrons. The van der Waals surface area contributed by atoms with Gasteiger partial charge in [0.1, 0.15) is 0 Å². The van der Waals surface area contributed by atoms with Gasteiger partial charge in [0.2, 0.25) is 15.9 Å². The zero-order valence-corrected chi connectivity index (χ0v) is 15.0. The third-order valence-corrected chi connectivity index (χ3v) is 4.99. The Morgan fingerprint density at radius 3 is 2.52 bits per heavy atom. The highest BCUT2D eigenvalue weighted by Crippen LogP contribution is 2.20. The van der Waals surface area contributed by atoms with Crippen molar-refractivity contribution in [2.24, 2.45) is 0 Å². The summed E-state index contributed by atoms with van der Waals surface area (Å²) in [7, 11) is -3.54. The minimum Gasteiger partial charge on any atom is -0.339 e. The second-order valence-corrected chi connectivity index (χ2v) is 8.42. The van der Waals surface area contributed by atoms with Crippen molar-refractivity contribution in [3.63, 3.8) is 0 Å². The van der Waals surface area contributed by atoms with Gasteiger partial charge in [-0.3, -0.25) is 0 Å². The van der Waals surface area contributed by atoms with Crippen LogP contribution in [-0.2, 0) is 21.9 Å². The molecule has 2 aromatic rings. The van der Waals surface area contributed by atoms with E-state index in [1.54, 1.807) is 19.1 Å². The number of nitrogens with zero attached hydrogens (tertiary/aromatic N) is 2. The molecular weight excluding hydrogens is 314 g/mol. The van der Waals surface area contributed by atoms with E-state index in [-0.39, 0.29) is 12.0 Å². The summed E-state index contributed by atoms with van der Waals surface area (Å²) < 4.78 is 32.6. The zero-order valence-electron chi connectivity index (χ0n) is 14.2. The molecule has 1 aromatic carbocycles. The van der Waals surface area contributed by atoms with Crippen molar-refractivity contribution in [3.8, 4) is 0 Å². The van der Waals surface area contributed by atoms with Crippen molar-refractivity contribution >= 4 is 10.0 Å². The number of hydrogen-bond acceptors (Lipinski definition) is 5. The average molecular weight is 337 g/mol. The fourth-order valence-electron chi connectivity index (χ4n) is 2.03. The molecule has 0 aliphatic rings. The SMILES string of the molecule is Cc1ccc(C)c(S(=O)(=O)NCCc2noc(C(C)(C)C)n2)c1. The molecule has 1 aromatic heterocycles. The van der Waals surface area contributed by atoms with Crippen molar-refractivity contribution < 1.29 is 12.9 Å². The van der Waals surface area contributed by atoms with Gasteiger partial charge >= 0.3 is 0 Å². The summed E-state index contributed by atoms with van der Waals surface area (Å²) >= 11 is 0. The first-order chi connectivity index (χ1) is 10.6. The number of sulfonamides is 1. The predicted octanol–water partition coefficient (Wildman–Crippen LogP) is 2.50. The van der Waals surface area contributed by atoms with Gasteiger partial charge in [-0.1, -0.05) is 38.1 Å². The number of aromatic nitrogens is 2. The molecule has 1 N–H and O–H groups in total. The number of nitrogens with one attached hydrogen (secondary N) is 1. The smallest absolute Gasteiger partial charge is 0.240 e. The number of rotatable bonds is 5. The van der Waals surface area contributed by atoms with Crippen LogP contribution in [0.5, 0.6) is 0 Å². The Balaban J connectivity index is 2.03. The van der Waals surface area contributed by atoms with Gasteiger partial charge in [0.15, 0.2) is 5.82 Å². The van der Waals surface area contributed by atoms with Crippen LogP contribution in [-0.4, -0.2) is 25.1 Å². The number of benzene rings is 1. The normalized spacial score (nSPS) is 12.6. The summed E-state index contributed by atoms with van der Waals surface area (Å²) in [5.41, 5.74) is 1.41. The molecule has 0 bridgehead atoms. The van der Waals surface area contributed by atoms with Crippen molar-refractivity contribution in [2.75, 3.05) is 6.54 Å². The van der Waals surface area contributed by atoms with E-state index in [2.05, 4.69) is 14.9 Å². The highest BCUT2D eigenvalue weighted by Gasteiger charge is 2.22. The quantitative estimate of drug-likeness (QED) is 0.906. The van der Waals surface area contributed by atoms with Crippen LogP contribution in [0.2, 0.25) is 0 Å². The van der Waals surface area contributed by atoms with E-state index in [4.69, 9.17) is 4.52 Å². The summed E-state index contributed by atoms with van der Waals surface area (Å²) in [5, 5.41) is 3.89. The Bertz CT molecular complexity index is 789. The van der Waals surface area contributed by atoms with E-state index < -0.39 is 10.0 Å². The zero-order chi connectivity index (χ0) is 17.3. The molecule has 1 heterocycles. The molecule has 0 saturated heterocycles. The largest absolute Gasteiger partial charge is 0.339 e. The maximum absolute atomic E-state index is 12.4. The Morgan fingerprint density at radius 2 is 1.91 bits per heavy atom. The second kappa shape index (κ2) is 6.41. The first-order valence-electron chi connectivity index (χ1n) is 7.49. The van der Waals surface area contributed by atoms with E-state index >= 15 is 0 Å². The molecular formula is C16H23N3O3S. The molecule has 126 valence electrons. The minimum absolute atomic E-state index is 0.219. The lowest BCUT2D eigenvalue weighted by Gasteiger charge is -2.10. The molecule has 23 heavy (non-hydrogen) atoms. The van der Waals surface area contributed by atoms with Gasteiger partial charge in [-0.05, 0) is 31.0 Å². The maximum Gasteiger partial charge on any atom is 0.240 e. The van der Waals surface area contributed by atoms with Crippen LogP contribution in [0.15, 0.2) is 27.6 Å². The van der Waals surface area contributed by atoms with Gasteiger partial charge in [-0.25, -0.2) is 13.1 Å². The fraction of sp³-hybridized carbons (Fsp3) is 0.500. The lowest BCUT2D eigenvalue weighted by Crippen LogP contribution is -2.27. The van der Waals surface area contributed by atoms with Gasteiger partial charge in [0.25, 0.3) is 0 Å². The van der Waals surface area contributed by atoms with Crippen LogP contribution >= 0.6 is 0 Å². The van der Waals surface area contributed by atoms with Crippen molar-refractivity contribution in [1.29, 1.82) is 0 Å². The Hall–Kier alpha value is -1.73. The van der Waals surface area contributed by atoms with Crippen LogP contribution < -0.4 is 4.72 Å². The Labute approximate surface area is 137 Å². The molecule has 0 aliphatic heterocycles. The molecule has 0 unspecified atom stereocenters. The van der Waals surface area contributed by atoms with Crippen molar-refractivity contribution in [2.45, 2.75) is 51.3 Å². The van der Waals surface area contributed by atoms with Crippen molar-refractivity contribution in [1.82, 2.24) is 14.9 Å². The molecule has 0 aliphatic carbocycles. The first kappa shape index (κ1) is 17.6. The number of hydrogen-bond donors (Lipinski definition) is 1. The van der Waals surface area contributed by atoms with Crippen LogP contribution in [0.1, 0.15) is 43.6 Å².